The first-order chi connectivity index (χ1) is 12.9. The van der Waals surface area contributed by atoms with E-state index in [9.17, 15) is 18.0 Å². The number of hydrogen-bond acceptors (Lipinski definition) is 5. The van der Waals surface area contributed by atoms with E-state index in [0.717, 1.165) is 23.9 Å². The fourth-order valence-electron chi connectivity index (χ4n) is 1.88. The van der Waals surface area contributed by atoms with Crippen molar-refractivity contribution in [2.75, 3.05) is 10.6 Å². The normalized spacial score (nSPS) is 10.3. The number of amides is 1. The number of alkyl halides is 3. The highest BCUT2D eigenvalue weighted by atomic mass is 19.4. The van der Waals surface area contributed by atoms with Gasteiger partial charge in [-0.25, -0.2) is 0 Å². The maximum absolute atomic E-state index is 12.5. The number of pyridine rings is 1. The molecule has 0 saturated carbocycles. The molecule has 2 aromatic rings. The molecule has 0 atom stereocenters. The van der Waals surface area contributed by atoms with Crippen LogP contribution in [0.25, 0.3) is 0 Å². The molecule has 2 rings (SSSR count). The van der Waals surface area contributed by atoms with Gasteiger partial charge >= 0.3 is 6.18 Å². The standard InChI is InChI=1S/C15H14F3N5O.HNO3/c1-8-2-4-10(6-11(8)23-14(19)20)22-13(24)9-3-5-12(21-7-9)15(16,17)18;2-1(3)4/h2-7H,1H3,(H,22,24)(H4,19,20,23);(H,2,3,4). The molecular weight excluding hydrogens is 385 g/mol. The van der Waals surface area contributed by atoms with Crippen molar-refractivity contribution < 1.29 is 28.3 Å². The fraction of sp³-hybridized carbons (Fsp3) is 0.133. The van der Waals surface area contributed by atoms with E-state index in [1.807, 2.05) is 0 Å². The predicted molar refractivity (Wildman–Crippen MR) is 92.7 cm³/mol. The van der Waals surface area contributed by atoms with Gasteiger partial charge in [0.05, 0.1) is 5.56 Å². The van der Waals surface area contributed by atoms with E-state index in [4.69, 9.17) is 26.5 Å². The Morgan fingerprint density at radius 2 is 1.89 bits per heavy atom. The summed E-state index contributed by atoms with van der Waals surface area (Å²) in [7, 11) is 0. The number of carbonyl (C=O) groups excluding carboxylic acids is 1. The number of benzene rings is 1. The van der Waals surface area contributed by atoms with Gasteiger partial charge < -0.3 is 21.6 Å². The predicted octanol–water partition coefficient (Wildman–Crippen LogP) is 2.62. The van der Waals surface area contributed by atoms with E-state index in [1.54, 1.807) is 25.1 Å². The summed E-state index contributed by atoms with van der Waals surface area (Å²) in [5.41, 5.74) is 5.93. The number of nitrogens with one attached hydrogen (secondary N) is 3. The zero-order valence-corrected chi connectivity index (χ0v) is 14.2. The first-order valence-corrected chi connectivity index (χ1v) is 7.29. The van der Waals surface area contributed by atoms with Crippen molar-refractivity contribution in [1.29, 1.82) is 5.41 Å². The lowest BCUT2D eigenvalue weighted by atomic mass is 10.1. The van der Waals surface area contributed by atoms with E-state index in [1.165, 1.54) is 0 Å². The van der Waals surface area contributed by atoms with Gasteiger partial charge in [0.1, 0.15) is 5.69 Å². The van der Waals surface area contributed by atoms with Crippen molar-refractivity contribution >= 4 is 23.2 Å². The number of halogens is 3. The Bertz CT molecular complexity index is 867. The van der Waals surface area contributed by atoms with Crippen LogP contribution >= 0.6 is 0 Å². The summed E-state index contributed by atoms with van der Waals surface area (Å²) in [5.74, 6) is -0.859. The largest absolute Gasteiger partial charge is 0.433 e. The van der Waals surface area contributed by atoms with Crippen LogP contribution in [0.5, 0.6) is 0 Å². The van der Waals surface area contributed by atoms with Gasteiger partial charge in [-0.3, -0.25) is 15.2 Å². The minimum Gasteiger partial charge on any atom is -0.370 e. The number of aryl methyl sites for hydroxylation is 1. The van der Waals surface area contributed by atoms with E-state index >= 15 is 0 Å². The number of nitrogens with zero attached hydrogens (tertiary/aromatic N) is 2. The third-order valence-corrected chi connectivity index (χ3v) is 3.08. The maximum atomic E-state index is 12.5. The Morgan fingerprint density at radius 3 is 2.36 bits per heavy atom. The number of carbonyl (C=O) groups is 1. The second-order valence-electron chi connectivity index (χ2n) is 5.19. The highest BCUT2D eigenvalue weighted by molar-refractivity contribution is 6.04. The summed E-state index contributed by atoms with van der Waals surface area (Å²) >= 11 is 0. The Kier molecular flexibility index (Phi) is 7.24. The molecule has 0 unspecified atom stereocenters. The van der Waals surface area contributed by atoms with Crippen LogP contribution in [0.2, 0.25) is 0 Å². The number of guanidine groups is 1. The summed E-state index contributed by atoms with van der Waals surface area (Å²) in [6.45, 7) is 1.79. The lowest BCUT2D eigenvalue weighted by Crippen LogP contribution is -2.21. The highest BCUT2D eigenvalue weighted by Gasteiger charge is 2.32. The molecular formula is C15H15F3N6O4. The summed E-state index contributed by atoms with van der Waals surface area (Å²) in [6.07, 6.45) is -3.69. The molecule has 1 heterocycles. The van der Waals surface area contributed by atoms with Gasteiger partial charge in [-0.2, -0.15) is 13.2 Å². The highest BCUT2D eigenvalue weighted by Crippen LogP contribution is 2.27. The second-order valence-corrected chi connectivity index (χ2v) is 5.19. The Morgan fingerprint density at radius 1 is 1.29 bits per heavy atom. The smallest absolute Gasteiger partial charge is 0.370 e. The van der Waals surface area contributed by atoms with Crippen molar-refractivity contribution in [3.63, 3.8) is 0 Å². The molecule has 0 fully saturated rings. The van der Waals surface area contributed by atoms with Crippen LogP contribution in [0, 0.1) is 22.4 Å². The molecule has 0 aliphatic carbocycles. The Hall–Kier alpha value is -3.90. The monoisotopic (exact) mass is 400 g/mol. The van der Waals surface area contributed by atoms with Crippen LogP contribution in [0.1, 0.15) is 21.6 Å². The van der Waals surface area contributed by atoms with Gasteiger partial charge in [0.15, 0.2) is 5.96 Å². The molecule has 0 saturated heterocycles. The third kappa shape index (κ3) is 7.15. The van der Waals surface area contributed by atoms with E-state index < -0.39 is 22.9 Å². The zero-order chi connectivity index (χ0) is 21.5. The molecule has 6 N–H and O–H groups in total. The van der Waals surface area contributed by atoms with Crippen molar-refractivity contribution in [3.05, 3.63) is 63.5 Å². The number of nitrogens with two attached hydrogens (primary N) is 1. The SMILES string of the molecule is Cc1ccc(NC(=O)c2ccc(C(F)(F)F)nc2)cc1NC(=N)N.O=[N+]([O-])O. The molecule has 0 radical (unpaired) electrons. The van der Waals surface area contributed by atoms with E-state index in [0.29, 0.717) is 11.4 Å². The van der Waals surface area contributed by atoms with Crippen LogP contribution in [-0.4, -0.2) is 27.1 Å². The summed E-state index contributed by atoms with van der Waals surface area (Å²) in [5, 5.41) is 26.0. The lowest BCUT2D eigenvalue weighted by molar-refractivity contribution is -0.742. The van der Waals surface area contributed by atoms with Gasteiger partial charge in [-0.1, -0.05) is 6.07 Å². The van der Waals surface area contributed by atoms with Crippen LogP contribution in [-0.2, 0) is 6.18 Å². The molecule has 0 aliphatic rings. The van der Waals surface area contributed by atoms with Crippen molar-refractivity contribution in [3.8, 4) is 0 Å². The van der Waals surface area contributed by atoms with Crippen molar-refractivity contribution in [2.24, 2.45) is 5.73 Å². The van der Waals surface area contributed by atoms with Crippen molar-refractivity contribution in [1.82, 2.24) is 4.98 Å². The molecule has 0 spiro atoms. The van der Waals surface area contributed by atoms with Crippen LogP contribution in [0.15, 0.2) is 36.5 Å². The first-order valence-electron chi connectivity index (χ1n) is 7.29. The van der Waals surface area contributed by atoms with Gasteiger partial charge in [0.25, 0.3) is 11.0 Å². The first kappa shape index (κ1) is 22.1. The van der Waals surface area contributed by atoms with Gasteiger partial charge in [0.2, 0.25) is 0 Å². The summed E-state index contributed by atoms with van der Waals surface area (Å²) in [4.78, 5) is 23.7. The topological polar surface area (TPSA) is 167 Å². The molecule has 0 aliphatic heterocycles. The number of anilines is 2. The lowest BCUT2D eigenvalue weighted by Gasteiger charge is -2.11. The average molecular weight is 400 g/mol. The zero-order valence-electron chi connectivity index (χ0n) is 14.2. The Labute approximate surface area is 155 Å². The molecule has 1 aromatic carbocycles. The van der Waals surface area contributed by atoms with Crippen LogP contribution < -0.4 is 16.4 Å². The number of hydrogen-bond donors (Lipinski definition) is 5. The van der Waals surface area contributed by atoms with E-state index in [-0.39, 0.29) is 11.5 Å². The van der Waals surface area contributed by atoms with E-state index in [2.05, 4.69) is 15.6 Å². The van der Waals surface area contributed by atoms with Gasteiger partial charge in [0, 0.05) is 17.6 Å². The molecule has 150 valence electrons. The molecule has 28 heavy (non-hydrogen) atoms. The number of rotatable bonds is 3. The summed E-state index contributed by atoms with van der Waals surface area (Å²) < 4.78 is 37.4. The number of aromatic nitrogens is 1. The van der Waals surface area contributed by atoms with Crippen molar-refractivity contribution in [2.45, 2.75) is 13.1 Å². The molecule has 0 bridgehead atoms. The van der Waals surface area contributed by atoms with Crippen LogP contribution in [0.4, 0.5) is 24.5 Å². The molecule has 1 amide bonds. The second kappa shape index (κ2) is 9.16. The molecule has 1 aromatic heterocycles. The maximum Gasteiger partial charge on any atom is 0.433 e. The third-order valence-electron chi connectivity index (χ3n) is 3.08. The fourth-order valence-corrected chi connectivity index (χ4v) is 1.88. The quantitative estimate of drug-likeness (QED) is 0.228. The Balaban J connectivity index is 0.000000892. The average Bonchev–Trinajstić information content (AvgIpc) is 2.56. The minimum absolute atomic E-state index is 0.00958. The van der Waals surface area contributed by atoms with Gasteiger partial charge in [-0.05, 0) is 36.8 Å². The minimum atomic E-state index is -4.56. The molecule has 13 heteroatoms. The summed E-state index contributed by atoms with van der Waals surface area (Å²) in [6, 6.07) is 6.68. The van der Waals surface area contributed by atoms with Gasteiger partial charge in [-0.15, -0.1) is 10.1 Å². The molecule has 10 nitrogen and oxygen atoms in total. The van der Waals surface area contributed by atoms with Crippen LogP contribution in [0.3, 0.4) is 0 Å².